The summed E-state index contributed by atoms with van der Waals surface area (Å²) in [5, 5.41) is 0.797. The van der Waals surface area contributed by atoms with Gasteiger partial charge in [-0.2, -0.15) is 0 Å². The van der Waals surface area contributed by atoms with Crippen molar-refractivity contribution in [2.45, 2.75) is 19.9 Å². The topological polar surface area (TPSA) is 82.9 Å². The van der Waals surface area contributed by atoms with Crippen LogP contribution in [0.15, 0.2) is 40.2 Å². The van der Waals surface area contributed by atoms with Crippen LogP contribution in [-0.4, -0.2) is 14.2 Å². The normalized spacial score (nSPS) is 11.2. The fraction of sp³-hybridized carbons (Fsp3) is 0.214. The van der Waals surface area contributed by atoms with Gasteiger partial charge in [0.15, 0.2) is 0 Å². The van der Waals surface area contributed by atoms with E-state index < -0.39 is 0 Å². The van der Waals surface area contributed by atoms with E-state index in [2.05, 4.69) is 4.98 Å². The standard InChI is InChI=1S/C14H14N4O2/c1-2-5-17-6-3-11-9(13(17)19)8-10-12(16-11)4-7-18(15)14(10)20/h3-4,6-8H,2,5,15H2,1H3. The molecule has 3 aromatic heterocycles. The molecule has 0 spiro atoms. The Morgan fingerprint density at radius 2 is 1.75 bits per heavy atom. The Kier molecular flexibility index (Phi) is 2.78. The zero-order chi connectivity index (χ0) is 14.3. The number of hydrogen-bond donors (Lipinski definition) is 1. The minimum Gasteiger partial charge on any atom is -0.336 e. The second-order valence-corrected chi connectivity index (χ2v) is 4.70. The van der Waals surface area contributed by atoms with Crippen molar-refractivity contribution in [2.75, 3.05) is 5.84 Å². The van der Waals surface area contributed by atoms with E-state index >= 15 is 0 Å². The monoisotopic (exact) mass is 270 g/mol. The van der Waals surface area contributed by atoms with Gasteiger partial charge in [0, 0.05) is 18.9 Å². The molecule has 6 heteroatoms. The molecule has 6 nitrogen and oxygen atoms in total. The third-order valence-corrected chi connectivity index (χ3v) is 3.31. The van der Waals surface area contributed by atoms with Gasteiger partial charge in [-0.05, 0) is 24.6 Å². The lowest BCUT2D eigenvalue weighted by Crippen LogP contribution is -2.26. The predicted molar refractivity (Wildman–Crippen MR) is 78.2 cm³/mol. The molecular weight excluding hydrogens is 256 g/mol. The van der Waals surface area contributed by atoms with Gasteiger partial charge in [-0.3, -0.25) is 9.59 Å². The fourth-order valence-electron chi connectivity index (χ4n) is 2.30. The van der Waals surface area contributed by atoms with Gasteiger partial charge in [-0.1, -0.05) is 6.92 Å². The lowest BCUT2D eigenvalue weighted by atomic mass is 10.2. The maximum Gasteiger partial charge on any atom is 0.278 e. The molecule has 3 aromatic rings. The first-order valence-corrected chi connectivity index (χ1v) is 6.42. The Bertz CT molecular complexity index is 924. The lowest BCUT2D eigenvalue weighted by molar-refractivity contribution is 0.659. The number of aryl methyl sites for hydroxylation is 1. The van der Waals surface area contributed by atoms with Gasteiger partial charge < -0.3 is 10.4 Å². The molecular formula is C14H14N4O2. The van der Waals surface area contributed by atoms with Gasteiger partial charge >= 0.3 is 0 Å². The summed E-state index contributed by atoms with van der Waals surface area (Å²) < 4.78 is 2.61. The summed E-state index contributed by atoms with van der Waals surface area (Å²) >= 11 is 0. The van der Waals surface area contributed by atoms with Crippen LogP contribution in [0.5, 0.6) is 0 Å². The van der Waals surface area contributed by atoms with E-state index in [1.165, 1.54) is 6.20 Å². The number of rotatable bonds is 2. The van der Waals surface area contributed by atoms with E-state index in [4.69, 9.17) is 5.84 Å². The molecule has 3 rings (SSSR count). The Balaban J connectivity index is 2.44. The average molecular weight is 270 g/mol. The van der Waals surface area contributed by atoms with Crippen LogP contribution in [0, 0.1) is 0 Å². The molecule has 0 aliphatic carbocycles. The van der Waals surface area contributed by atoms with Gasteiger partial charge in [0.2, 0.25) is 0 Å². The van der Waals surface area contributed by atoms with Crippen LogP contribution in [0.25, 0.3) is 21.8 Å². The Labute approximate surface area is 114 Å². The maximum absolute atomic E-state index is 12.3. The van der Waals surface area contributed by atoms with E-state index in [0.29, 0.717) is 28.4 Å². The van der Waals surface area contributed by atoms with Crippen LogP contribution in [0.3, 0.4) is 0 Å². The summed E-state index contributed by atoms with van der Waals surface area (Å²) in [5.74, 6) is 5.54. The maximum atomic E-state index is 12.3. The second kappa shape index (κ2) is 4.48. The number of aromatic nitrogens is 3. The highest BCUT2D eigenvalue weighted by Crippen LogP contribution is 2.13. The van der Waals surface area contributed by atoms with E-state index in [0.717, 1.165) is 11.1 Å². The van der Waals surface area contributed by atoms with Gasteiger partial charge in [-0.15, -0.1) is 0 Å². The Morgan fingerprint density at radius 1 is 1.10 bits per heavy atom. The van der Waals surface area contributed by atoms with Crippen LogP contribution in [0.2, 0.25) is 0 Å². The highest BCUT2D eigenvalue weighted by molar-refractivity contribution is 5.91. The molecule has 0 unspecified atom stereocenters. The average Bonchev–Trinajstić information content (AvgIpc) is 2.45. The minimum atomic E-state index is -0.359. The highest BCUT2D eigenvalue weighted by Gasteiger charge is 2.08. The summed E-state index contributed by atoms with van der Waals surface area (Å²) in [5.41, 5.74) is 0.633. The first-order valence-electron chi connectivity index (χ1n) is 6.42. The van der Waals surface area contributed by atoms with Crippen molar-refractivity contribution in [3.8, 4) is 0 Å². The summed E-state index contributed by atoms with van der Waals surface area (Å²) in [7, 11) is 0. The molecule has 0 radical (unpaired) electrons. The quantitative estimate of drug-likeness (QED) is 0.552. The van der Waals surface area contributed by atoms with Crippen LogP contribution in [0.4, 0.5) is 0 Å². The number of nitrogens with zero attached hydrogens (tertiary/aromatic N) is 3. The first-order chi connectivity index (χ1) is 9.61. The van der Waals surface area contributed by atoms with Gasteiger partial charge in [0.1, 0.15) is 0 Å². The molecule has 3 heterocycles. The minimum absolute atomic E-state index is 0.134. The van der Waals surface area contributed by atoms with Crippen molar-refractivity contribution < 1.29 is 0 Å². The molecule has 0 bridgehead atoms. The molecule has 102 valence electrons. The second-order valence-electron chi connectivity index (χ2n) is 4.70. The molecule has 0 saturated heterocycles. The molecule has 20 heavy (non-hydrogen) atoms. The van der Waals surface area contributed by atoms with Crippen LogP contribution in [0.1, 0.15) is 13.3 Å². The molecule has 0 amide bonds. The van der Waals surface area contributed by atoms with Gasteiger partial charge in [-0.25, -0.2) is 9.66 Å². The van der Waals surface area contributed by atoms with Crippen molar-refractivity contribution in [3.63, 3.8) is 0 Å². The fourth-order valence-corrected chi connectivity index (χ4v) is 2.30. The van der Waals surface area contributed by atoms with Crippen LogP contribution < -0.4 is 17.0 Å². The summed E-state index contributed by atoms with van der Waals surface area (Å²) in [4.78, 5) is 28.7. The summed E-state index contributed by atoms with van der Waals surface area (Å²) in [6.45, 7) is 2.64. The van der Waals surface area contributed by atoms with Crippen molar-refractivity contribution in [2.24, 2.45) is 0 Å². The van der Waals surface area contributed by atoms with E-state index in [1.54, 1.807) is 29.0 Å². The van der Waals surface area contributed by atoms with Crippen molar-refractivity contribution >= 4 is 21.8 Å². The number of hydrogen-bond acceptors (Lipinski definition) is 4. The predicted octanol–water partition coefficient (Wildman–Crippen LogP) is 0.835. The van der Waals surface area contributed by atoms with E-state index in [1.807, 2.05) is 6.92 Å². The SMILES string of the molecule is CCCn1ccc2nc3ccn(N)c(=O)c3cc2c1=O. The third-order valence-electron chi connectivity index (χ3n) is 3.31. The zero-order valence-corrected chi connectivity index (χ0v) is 11.0. The third kappa shape index (κ3) is 1.77. The van der Waals surface area contributed by atoms with Crippen LogP contribution in [-0.2, 0) is 6.54 Å². The summed E-state index contributed by atoms with van der Waals surface area (Å²) in [6.07, 6.45) is 4.06. The Morgan fingerprint density at radius 3 is 2.45 bits per heavy atom. The van der Waals surface area contributed by atoms with Crippen molar-refractivity contribution in [1.82, 2.24) is 14.2 Å². The molecule has 0 aliphatic heterocycles. The molecule has 0 atom stereocenters. The Hall–Kier alpha value is -2.63. The van der Waals surface area contributed by atoms with Crippen LogP contribution >= 0.6 is 0 Å². The molecule has 2 N–H and O–H groups in total. The first kappa shape index (κ1) is 12.4. The van der Waals surface area contributed by atoms with Gasteiger partial charge in [0.25, 0.3) is 11.1 Å². The summed E-state index contributed by atoms with van der Waals surface area (Å²) in [6, 6.07) is 5.03. The largest absolute Gasteiger partial charge is 0.336 e. The number of nitrogens with two attached hydrogens (primary N) is 1. The number of pyridine rings is 3. The van der Waals surface area contributed by atoms with Crippen molar-refractivity contribution in [1.29, 1.82) is 0 Å². The van der Waals surface area contributed by atoms with E-state index in [9.17, 15) is 9.59 Å². The molecule has 0 aliphatic rings. The highest BCUT2D eigenvalue weighted by atomic mass is 16.1. The number of fused-ring (bicyclic) bond motifs is 2. The van der Waals surface area contributed by atoms with Crippen molar-refractivity contribution in [3.05, 3.63) is 51.3 Å². The molecule has 0 fully saturated rings. The zero-order valence-electron chi connectivity index (χ0n) is 11.0. The van der Waals surface area contributed by atoms with E-state index in [-0.39, 0.29) is 11.1 Å². The smallest absolute Gasteiger partial charge is 0.278 e. The number of nitrogen functional groups attached to an aromatic ring is 1. The molecule has 0 aromatic carbocycles. The molecule has 0 saturated carbocycles. The van der Waals surface area contributed by atoms with Gasteiger partial charge in [0.05, 0.1) is 21.8 Å². The lowest BCUT2D eigenvalue weighted by Gasteiger charge is -2.06.